The van der Waals surface area contributed by atoms with Crippen molar-refractivity contribution in [2.45, 2.75) is 0 Å². The number of anilines is 1. The molecule has 1 aliphatic heterocycles. The van der Waals surface area contributed by atoms with Crippen LogP contribution in [0, 0.1) is 5.82 Å². The van der Waals surface area contributed by atoms with Crippen LogP contribution in [0.25, 0.3) is 0 Å². The third-order valence-electron chi connectivity index (χ3n) is 3.66. The molecule has 2 aromatic rings. The summed E-state index contributed by atoms with van der Waals surface area (Å²) in [5.41, 5.74) is 0.348. The van der Waals surface area contributed by atoms with Gasteiger partial charge in [0.15, 0.2) is 16.7 Å². The first-order chi connectivity index (χ1) is 10.7. The highest BCUT2D eigenvalue weighted by molar-refractivity contribution is 7.13. The molecule has 0 bridgehead atoms. The van der Waals surface area contributed by atoms with E-state index in [4.69, 9.17) is 4.74 Å². The highest BCUT2D eigenvalue weighted by Crippen LogP contribution is 2.21. The molecule has 5 nitrogen and oxygen atoms in total. The molecule has 22 heavy (non-hydrogen) atoms. The van der Waals surface area contributed by atoms with E-state index in [9.17, 15) is 9.18 Å². The van der Waals surface area contributed by atoms with E-state index >= 15 is 0 Å². The normalized spacial score (nSPS) is 15.0. The van der Waals surface area contributed by atoms with E-state index < -0.39 is 5.82 Å². The van der Waals surface area contributed by atoms with E-state index in [1.165, 1.54) is 19.2 Å². The van der Waals surface area contributed by atoms with E-state index in [0.29, 0.717) is 18.7 Å². The van der Waals surface area contributed by atoms with Gasteiger partial charge in [0.1, 0.15) is 0 Å². The van der Waals surface area contributed by atoms with Gasteiger partial charge >= 0.3 is 0 Å². The highest BCUT2D eigenvalue weighted by Gasteiger charge is 2.23. The van der Waals surface area contributed by atoms with Crippen molar-refractivity contribution in [3.05, 3.63) is 41.2 Å². The van der Waals surface area contributed by atoms with Crippen molar-refractivity contribution in [2.24, 2.45) is 0 Å². The number of benzene rings is 1. The average molecular weight is 321 g/mol. The topological polar surface area (TPSA) is 45.7 Å². The molecule has 1 aliphatic rings. The van der Waals surface area contributed by atoms with Gasteiger partial charge in [0.2, 0.25) is 0 Å². The van der Waals surface area contributed by atoms with Gasteiger partial charge in [0.05, 0.1) is 7.11 Å². The minimum Gasteiger partial charge on any atom is -0.494 e. The lowest BCUT2D eigenvalue weighted by Gasteiger charge is -2.34. The summed E-state index contributed by atoms with van der Waals surface area (Å²) in [4.78, 5) is 20.6. The third kappa shape index (κ3) is 2.89. The number of methoxy groups -OCH3 is 1. The third-order valence-corrected chi connectivity index (χ3v) is 4.49. The van der Waals surface area contributed by atoms with Gasteiger partial charge in [0, 0.05) is 43.3 Å². The Labute approximate surface area is 131 Å². The number of nitrogens with zero attached hydrogens (tertiary/aromatic N) is 3. The fourth-order valence-electron chi connectivity index (χ4n) is 2.45. The fraction of sp³-hybridized carbons (Fsp3) is 0.333. The quantitative estimate of drug-likeness (QED) is 0.870. The molecule has 0 unspecified atom stereocenters. The van der Waals surface area contributed by atoms with Gasteiger partial charge in [-0.05, 0) is 18.2 Å². The number of rotatable bonds is 3. The van der Waals surface area contributed by atoms with E-state index in [1.807, 2.05) is 5.38 Å². The van der Waals surface area contributed by atoms with Crippen molar-refractivity contribution in [3.8, 4) is 5.75 Å². The van der Waals surface area contributed by atoms with E-state index in [-0.39, 0.29) is 11.7 Å². The molecule has 0 radical (unpaired) electrons. The summed E-state index contributed by atoms with van der Waals surface area (Å²) in [5.74, 6) is -0.528. The highest BCUT2D eigenvalue weighted by atomic mass is 32.1. The van der Waals surface area contributed by atoms with E-state index in [1.54, 1.807) is 28.5 Å². The van der Waals surface area contributed by atoms with Crippen LogP contribution in [0.2, 0.25) is 0 Å². The number of carbonyl (C=O) groups is 1. The summed E-state index contributed by atoms with van der Waals surface area (Å²) in [6, 6.07) is 4.31. The molecule has 0 spiro atoms. The molecule has 1 aromatic heterocycles. The van der Waals surface area contributed by atoms with Crippen LogP contribution in [0.5, 0.6) is 5.75 Å². The summed E-state index contributed by atoms with van der Waals surface area (Å²) in [5, 5.41) is 2.91. The molecule has 116 valence electrons. The van der Waals surface area contributed by atoms with Crippen molar-refractivity contribution in [2.75, 3.05) is 38.2 Å². The van der Waals surface area contributed by atoms with Crippen LogP contribution in [0.3, 0.4) is 0 Å². The monoisotopic (exact) mass is 321 g/mol. The zero-order valence-corrected chi connectivity index (χ0v) is 13.0. The standard InChI is InChI=1S/C15H16FN3O2S/c1-21-13-3-2-11(10-12(13)16)14(20)18-5-7-19(8-6-18)15-17-4-9-22-15/h2-4,9-10H,5-8H2,1H3. The van der Waals surface area contributed by atoms with Crippen molar-refractivity contribution in [1.82, 2.24) is 9.88 Å². The van der Waals surface area contributed by atoms with Crippen LogP contribution < -0.4 is 9.64 Å². The molecule has 1 amide bonds. The molecule has 2 heterocycles. The largest absolute Gasteiger partial charge is 0.494 e. The number of ether oxygens (including phenoxy) is 1. The van der Waals surface area contributed by atoms with Gasteiger partial charge in [-0.15, -0.1) is 11.3 Å². The Morgan fingerprint density at radius 1 is 1.32 bits per heavy atom. The molecule has 0 N–H and O–H groups in total. The Hall–Kier alpha value is -2.15. The summed E-state index contributed by atoms with van der Waals surface area (Å²) in [7, 11) is 1.40. The minimum absolute atomic E-state index is 0.144. The maximum absolute atomic E-state index is 13.7. The lowest BCUT2D eigenvalue weighted by atomic mass is 10.1. The van der Waals surface area contributed by atoms with Crippen LogP contribution in [-0.4, -0.2) is 49.1 Å². The van der Waals surface area contributed by atoms with Crippen LogP contribution >= 0.6 is 11.3 Å². The van der Waals surface area contributed by atoms with Crippen LogP contribution in [0.1, 0.15) is 10.4 Å². The van der Waals surface area contributed by atoms with Gasteiger partial charge in [-0.2, -0.15) is 0 Å². The number of aromatic nitrogens is 1. The Balaban J connectivity index is 1.65. The Morgan fingerprint density at radius 2 is 2.09 bits per heavy atom. The number of thiazole rings is 1. The molecule has 1 aromatic carbocycles. The molecule has 0 atom stereocenters. The minimum atomic E-state index is -0.519. The van der Waals surface area contributed by atoms with Gasteiger partial charge in [-0.3, -0.25) is 4.79 Å². The van der Waals surface area contributed by atoms with Crippen molar-refractivity contribution >= 4 is 22.4 Å². The van der Waals surface area contributed by atoms with Crippen LogP contribution in [-0.2, 0) is 0 Å². The number of halogens is 1. The second kappa shape index (κ2) is 6.31. The molecule has 0 aliphatic carbocycles. The Morgan fingerprint density at radius 3 is 2.68 bits per heavy atom. The summed E-state index contributed by atoms with van der Waals surface area (Å²) < 4.78 is 18.6. The first-order valence-electron chi connectivity index (χ1n) is 6.96. The number of carbonyl (C=O) groups excluding carboxylic acids is 1. The molecule has 3 rings (SSSR count). The van der Waals surface area contributed by atoms with Crippen molar-refractivity contribution < 1.29 is 13.9 Å². The molecule has 1 fully saturated rings. The summed E-state index contributed by atoms with van der Waals surface area (Å²) >= 11 is 1.59. The number of piperazine rings is 1. The fourth-order valence-corrected chi connectivity index (χ4v) is 3.15. The molecular weight excluding hydrogens is 305 g/mol. The van der Waals surface area contributed by atoms with Crippen LogP contribution in [0.4, 0.5) is 9.52 Å². The zero-order valence-electron chi connectivity index (χ0n) is 12.2. The van der Waals surface area contributed by atoms with Gasteiger partial charge in [-0.1, -0.05) is 0 Å². The predicted molar refractivity (Wildman–Crippen MR) is 83.2 cm³/mol. The first-order valence-corrected chi connectivity index (χ1v) is 7.84. The van der Waals surface area contributed by atoms with E-state index in [2.05, 4.69) is 9.88 Å². The second-order valence-electron chi connectivity index (χ2n) is 4.94. The number of hydrogen-bond acceptors (Lipinski definition) is 5. The second-order valence-corrected chi connectivity index (χ2v) is 5.82. The molecule has 1 saturated heterocycles. The smallest absolute Gasteiger partial charge is 0.254 e. The van der Waals surface area contributed by atoms with Gasteiger partial charge < -0.3 is 14.5 Å². The van der Waals surface area contributed by atoms with Gasteiger partial charge in [0.25, 0.3) is 5.91 Å². The van der Waals surface area contributed by atoms with E-state index in [0.717, 1.165) is 18.2 Å². The summed E-state index contributed by atoms with van der Waals surface area (Å²) in [6.45, 7) is 2.67. The molecule has 0 saturated carbocycles. The first kappa shape index (κ1) is 14.8. The maximum Gasteiger partial charge on any atom is 0.254 e. The molecular formula is C15H16FN3O2S. The molecule has 7 heteroatoms. The zero-order chi connectivity index (χ0) is 15.5. The average Bonchev–Trinajstić information content (AvgIpc) is 3.09. The lowest BCUT2D eigenvalue weighted by Crippen LogP contribution is -2.48. The lowest BCUT2D eigenvalue weighted by molar-refractivity contribution is 0.0746. The Bertz CT molecular complexity index is 655. The maximum atomic E-state index is 13.7. The Kier molecular flexibility index (Phi) is 4.24. The van der Waals surface area contributed by atoms with Crippen LogP contribution in [0.15, 0.2) is 29.8 Å². The van der Waals surface area contributed by atoms with Gasteiger partial charge in [-0.25, -0.2) is 9.37 Å². The predicted octanol–water partition coefficient (Wildman–Crippen LogP) is 2.25. The number of amides is 1. The number of hydrogen-bond donors (Lipinski definition) is 0. The van der Waals surface area contributed by atoms with Crippen molar-refractivity contribution in [3.63, 3.8) is 0 Å². The summed E-state index contributed by atoms with van der Waals surface area (Å²) in [6.07, 6.45) is 1.78. The van der Waals surface area contributed by atoms with Crippen molar-refractivity contribution in [1.29, 1.82) is 0 Å². The SMILES string of the molecule is COc1ccc(C(=O)N2CCN(c3nccs3)CC2)cc1F.